The second kappa shape index (κ2) is 16.0. The van der Waals surface area contributed by atoms with E-state index in [2.05, 4.69) is 93.6 Å². The van der Waals surface area contributed by atoms with Gasteiger partial charge in [0.2, 0.25) is 0 Å². The molecule has 32 heavy (non-hydrogen) atoms. The van der Waals surface area contributed by atoms with E-state index in [0.717, 1.165) is 74.9 Å². The molecule has 0 bridgehead atoms. The van der Waals surface area contributed by atoms with Crippen LogP contribution in [0.25, 0.3) is 0 Å². The van der Waals surface area contributed by atoms with Crippen LogP contribution in [-0.4, -0.2) is 11.9 Å². The van der Waals surface area contributed by atoms with E-state index in [-0.39, 0.29) is 0 Å². The van der Waals surface area contributed by atoms with Crippen molar-refractivity contribution in [2.24, 2.45) is 9.98 Å². The molecule has 0 unspecified atom stereocenters. The molecule has 0 radical (unpaired) electrons. The Morgan fingerprint density at radius 3 is 1.88 bits per heavy atom. The lowest BCUT2D eigenvalue weighted by molar-refractivity contribution is 0.838. The van der Waals surface area contributed by atoms with Crippen molar-refractivity contribution in [1.82, 2.24) is 0 Å². The molecule has 2 heteroatoms. The lowest BCUT2D eigenvalue weighted by Crippen LogP contribution is -2.00. The number of para-hydroxylation sites is 2. The monoisotopic (exact) mass is 428 g/mol. The van der Waals surface area contributed by atoms with Gasteiger partial charge in [-0.2, -0.15) is 0 Å². The fourth-order valence-electron chi connectivity index (χ4n) is 3.53. The van der Waals surface area contributed by atoms with E-state index in [0.29, 0.717) is 0 Å². The van der Waals surface area contributed by atoms with Crippen LogP contribution in [0.15, 0.2) is 82.8 Å². The van der Waals surface area contributed by atoms with Crippen LogP contribution in [-0.2, 0) is 12.8 Å². The number of benzene rings is 2. The Hall–Kier alpha value is -2.74. The van der Waals surface area contributed by atoms with Gasteiger partial charge in [0.25, 0.3) is 0 Å². The summed E-state index contributed by atoms with van der Waals surface area (Å²) in [4.78, 5) is 9.94. The van der Waals surface area contributed by atoms with Gasteiger partial charge in [0.1, 0.15) is 0 Å². The van der Waals surface area contributed by atoms with Gasteiger partial charge < -0.3 is 0 Å². The molecule has 2 nitrogen and oxygen atoms in total. The minimum Gasteiger partial charge on any atom is -0.255 e. The predicted molar refractivity (Wildman–Crippen MR) is 143 cm³/mol. The van der Waals surface area contributed by atoms with Crippen molar-refractivity contribution >= 4 is 23.3 Å². The van der Waals surface area contributed by atoms with Gasteiger partial charge in [-0.05, 0) is 74.6 Å². The number of aliphatic imine (C=N–C) groups is 2. The Morgan fingerprint density at radius 2 is 1.28 bits per heavy atom. The zero-order valence-corrected chi connectivity index (χ0v) is 20.3. The molecule has 2 aromatic rings. The van der Waals surface area contributed by atoms with Crippen LogP contribution in [0.2, 0.25) is 0 Å². The maximum atomic E-state index is 5.06. The Bertz CT molecular complexity index is 903. The molecule has 0 heterocycles. The highest BCUT2D eigenvalue weighted by molar-refractivity contribution is 6.31. The molecular formula is C30H40N2. The van der Waals surface area contributed by atoms with Crippen LogP contribution in [0.4, 0.5) is 11.4 Å². The number of hydrogen-bond acceptors (Lipinski definition) is 2. The molecule has 0 atom stereocenters. The largest absolute Gasteiger partial charge is 0.255 e. The van der Waals surface area contributed by atoms with Crippen LogP contribution in [0.5, 0.6) is 0 Å². The third kappa shape index (κ3) is 9.60. The number of aryl methyl sites for hydroxylation is 2. The average molecular weight is 429 g/mol. The molecule has 2 aromatic carbocycles. The Balaban J connectivity index is 2.23. The normalized spacial score (nSPS) is 12.5. The summed E-state index contributed by atoms with van der Waals surface area (Å²) in [7, 11) is 0. The summed E-state index contributed by atoms with van der Waals surface area (Å²) < 4.78 is 0. The van der Waals surface area contributed by atoms with Crippen molar-refractivity contribution in [3.05, 3.63) is 84.0 Å². The standard InChI is InChI=1S/C30H40N2/c1-4-7-10-12-18-26-20-14-16-23-29(26)31-25-28(22-9-6-3)32-30-24-17-15-21-27(30)19-13-11-8-5-2/h7-8,10-11,14-17,20-21,23-25H,4-6,9,12-13,18-19,22H2,1-3H3/b10-7+,11-8+,31-25?,32-28?. The van der Waals surface area contributed by atoms with Gasteiger partial charge >= 0.3 is 0 Å². The summed E-state index contributed by atoms with van der Waals surface area (Å²) in [5.41, 5.74) is 5.79. The third-order valence-electron chi connectivity index (χ3n) is 5.35. The second-order valence-corrected chi connectivity index (χ2v) is 8.06. The Labute approximate surface area is 195 Å². The molecule has 2 rings (SSSR count). The summed E-state index contributed by atoms with van der Waals surface area (Å²) in [6, 6.07) is 17.0. The SMILES string of the molecule is CC/C=C/CCc1ccccc1N=CC(CCCC)=Nc1ccccc1CC/C=C/CC. The molecule has 0 fully saturated rings. The third-order valence-corrected chi connectivity index (χ3v) is 5.35. The topological polar surface area (TPSA) is 24.7 Å². The van der Waals surface area contributed by atoms with Gasteiger partial charge in [-0.1, -0.05) is 87.9 Å². The van der Waals surface area contributed by atoms with E-state index in [1.807, 2.05) is 6.21 Å². The minimum absolute atomic E-state index is 0.950. The smallest absolute Gasteiger partial charge is 0.0665 e. The highest BCUT2D eigenvalue weighted by atomic mass is 14.8. The summed E-state index contributed by atoms with van der Waals surface area (Å²) >= 11 is 0. The number of unbranched alkanes of at least 4 members (excludes halogenated alkanes) is 1. The lowest BCUT2D eigenvalue weighted by Gasteiger charge is -2.07. The number of allylic oxidation sites excluding steroid dienone is 4. The van der Waals surface area contributed by atoms with E-state index in [1.54, 1.807) is 0 Å². The predicted octanol–water partition coefficient (Wildman–Crippen LogP) is 9.15. The van der Waals surface area contributed by atoms with Gasteiger partial charge in [0.15, 0.2) is 0 Å². The van der Waals surface area contributed by atoms with E-state index in [1.165, 1.54) is 11.1 Å². The summed E-state index contributed by atoms with van der Waals surface area (Å²) in [5, 5.41) is 0. The molecule has 0 spiro atoms. The Kier molecular flexibility index (Phi) is 12.7. The van der Waals surface area contributed by atoms with Crippen LogP contribution in [0, 0.1) is 0 Å². The molecule has 0 N–H and O–H groups in total. The average Bonchev–Trinajstić information content (AvgIpc) is 2.83. The van der Waals surface area contributed by atoms with Crippen molar-refractivity contribution in [1.29, 1.82) is 0 Å². The molecule has 0 aliphatic carbocycles. The fraction of sp³-hybridized carbons (Fsp3) is 0.400. The van der Waals surface area contributed by atoms with Crippen molar-refractivity contribution in [3.8, 4) is 0 Å². The number of rotatable bonds is 14. The molecule has 0 aromatic heterocycles. The van der Waals surface area contributed by atoms with Crippen LogP contribution in [0.3, 0.4) is 0 Å². The molecule has 0 amide bonds. The summed E-state index contributed by atoms with van der Waals surface area (Å²) in [5.74, 6) is 0. The maximum absolute atomic E-state index is 5.06. The van der Waals surface area contributed by atoms with E-state index in [4.69, 9.17) is 9.98 Å². The van der Waals surface area contributed by atoms with E-state index in [9.17, 15) is 0 Å². The van der Waals surface area contributed by atoms with Crippen LogP contribution in [0.1, 0.15) is 76.8 Å². The van der Waals surface area contributed by atoms with Crippen molar-refractivity contribution in [2.45, 2.75) is 78.6 Å². The quantitative estimate of drug-likeness (QED) is 0.212. The highest BCUT2D eigenvalue weighted by Crippen LogP contribution is 2.23. The van der Waals surface area contributed by atoms with Crippen molar-refractivity contribution in [2.75, 3.05) is 0 Å². The fourth-order valence-corrected chi connectivity index (χ4v) is 3.53. The first-order chi connectivity index (χ1) is 15.8. The van der Waals surface area contributed by atoms with Gasteiger partial charge in [-0.15, -0.1) is 0 Å². The molecule has 0 saturated carbocycles. The lowest BCUT2D eigenvalue weighted by atomic mass is 10.1. The zero-order valence-electron chi connectivity index (χ0n) is 20.3. The molecule has 0 aliphatic rings. The zero-order chi connectivity index (χ0) is 22.9. The number of nitrogens with zero attached hydrogens (tertiary/aromatic N) is 2. The first-order valence-corrected chi connectivity index (χ1v) is 12.4. The van der Waals surface area contributed by atoms with Crippen LogP contribution >= 0.6 is 0 Å². The van der Waals surface area contributed by atoms with Gasteiger partial charge in [-0.3, -0.25) is 9.98 Å². The molecule has 170 valence electrons. The van der Waals surface area contributed by atoms with E-state index >= 15 is 0 Å². The molecule has 0 aliphatic heterocycles. The second-order valence-electron chi connectivity index (χ2n) is 8.06. The first-order valence-electron chi connectivity index (χ1n) is 12.4. The molecular weight excluding hydrogens is 388 g/mol. The van der Waals surface area contributed by atoms with Gasteiger partial charge in [-0.25, -0.2) is 0 Å². The van der Waals surface area contributed by atoms with Crippen LogP contribution < -0.4 is 0 Å². The summed E-state index contributed by atoms with van der Waals surface area (Å²) in [6.07, 6.45) is 20.5. The first kappa shape index (κ1) is 25.5. The summed E-state index contributed by atoms with van der Waals surface area (Å²) in [6.45, 7) is 6.57. The van der Waals surface area contributed by atoms with Gasteiger partial charge in [0.05, 0.1) is 17.1 Å². The minimum atomic E-state index is 0.950. The maximum Gasteiger partial charge on any atom is 0.0665 e. The van der Waals surface area contributed by atoms with Crippen molar-refractivity contribution in [3.63, 3.8) is 0 Å². The Morgan fingerprint density at radius 1 is 0.719 bits per heavy atom. The molecule has 0 saturated heterocycles. The van der Waals surface area contributed by atoms with E-state index < -0.39 is 0 Å². The number of hydrogen-bond donors (Lipinski definition) is 0. The highest BCUT2D eigenvalue weighted by Gasteiger charge is 2.04. The van der Waals surface area contributed by atoms with Gasteiger partial charge in [0, 0.05) is 6.21 Å². The van der Waals surface area contributed by atoms with Crippen molar-refractivity contribution < 1.29 is 0 Å².